The van der Waals surface area contributed by atoms with E-state index in [9.17, 15) is 4.79 Å². The van der Waals surface area contributed by atoms with E-state index < -0.39 is 0 Å². The minimum atomic E-state index is -0.0612. The Morgan fingerprint density at radius 1 is 1.36 bits per heavy atom. The van der Waals surface area contributed by atoms with Gasteiger partial charge in [-0.2, -0.15) is 0 Å². The first-order valence-electron chi connectivity index (χ1n) is 8.85. The van der Waals surface area contributed by atoms with Crippen LogP contribution in [-0.2, 0) is 11.3 Å². The quantitative estimate of drug-likeness (QED) is 0.840. The van der Waals surface area contributed by atoms with Crippen LogP contribution in [0.2, 0.25) is 0 Å². The molecule has 6 heteroatoms. The Kier molecular flexibility index (Phi) is 4.67. The van der Waals surface area contributed by atoms with Gasteiger partial charge in [0.15, 0.2) is 0 Å². The lowest BCUT2D eigenvalue weighted by atomic mass is 9.87. The fourth-order valence-corrected chi connectivity index (χ4v) is 4.59. The van der Waals surface area contributed by atoms with Crippen LogP contribution in [0.4, 0.5) is 0 Å². The number of likely N-dealkylation sites (N-methyl/N-ethyl adjacent to an activating group) is 1. The molecular weight excluding hydrogens is 336 g/mol. The van der Waals surface area contributed by atoms with Gasteiger partial charge in [0.05, 0.1) is 29.9 Å². The number of hydrogen-bond donors (Lipinski definition) is 0. The van der Waals surface area contributed by atoms with Gasteiger partial charge >= 0.3 is 0 Å². The van der Waals surface area contributed by atoms with Gasteiger partial charge in [-0.3, -0.25) is 9.69 Å². The maximum atomic E-state index is 12.5. The van der Waals surface area contributed by atoms with Gasteiger partial charge < -0.3 is 14.1 Å². The molecule has 0 saturated carbocycles. The molecule has 25 heavy (non-hydrogen) atoms. The smallest absolute Gasteiger partial charge is 0.263 e. The van der Waals surface area contributed by atoms with Crippen molar-refractivity contribution in [3.63, 3.8) is 0 Å². The van der Waals surface area contributed by atoms with Gasteiger partial charge in [0.1, 0.15) is 5.76 Å². The maximum Gasteiger partial charge on any atom is 0.263 e. The van der Waals surface area contributed by atoms with Crippen LogP contribution < -0.4 is 0 Å². The van der Waals surface area contributed by atoms with Crippen LogP contribution in [0, 0.1) is 0 Å². The number of nitrogens with zero attached hydrogens (tertiary/aromatic N) is 2. The molecule has 2 aliphatic heterocycles. The van der Waals surface area contributed by atoms with Crippen molar-refractivity contribution in [2.75, 3.05) is 26.7 Å². The molecule has 4 rings (SSSR count). The summed E-state index contributed by atoms with van der Waals surface area (Å²) in [5.74, 6) is 1.15. The summed E-state index contributed by atoms with van der Waals surface area (Å²) in [5.41, 5.74) is -0.0612. The predicted molar refractivity (Wildman–Crippen MR) is 96.7 cm³/mol. The normalized spacial score (nSPS) is 22.8. The fourth-order valence-electron chi connectivity index (χ4n) is 3.90. The molecule has 0 aromatic carbocycles. The van der Waals surface area contributed by atoms with Gasteiger partial charge in [-0.25, -0.2) is 0 Å². The number of thiophene rings is 1. The summed E-state index contributed by atoms with van der Waals surface area (Å²) in [5, 5.41) is 1.96. The highest BCUT2D eigenvalue weighted by molar-refractivity contribution is 7.12. The first-order valence-corrected chi connectivity index (χ1v) is 9.73. The zero-order chi connectivity index (χ0) is 17.3. The summed E-state index contributed by atoms with van der Waals surface area (Å²) in [6.07, 6.45) is 4.60. The molecule has 0 bridgehead atoms. The Morgan fingerprint density at radius 2 is 2.20 bits per heavy atom. The maximum absolute atomic E-state index is 12.5. The molecule has 0 radical (unpaired) electrons. The molecule has 0 N–H and O–H groups in total. The van der Waals surface area contributed by atoms with E-state index in [0.717, 1.165) is 56.1 Å². The Hall–Kier alpha value is -1.63. The molecular formula is C19H24N2O3S. The van der Waals surface area contributed by atoms with Crippen LogP contribution in [0.1, 0.15) is 34.7 Å². The summed E-state index contributed by atoms with van der Waals surface area (Å²) >= 11 is 1.52. The first kappa shape index (κ1) is 16.8. The highest BCUT2D eigenvalue weighted by Gasteiger charge is 2.44. The minimum absolute atomic E-state index is 0.0612. The molecule has 4 heterocycles. The van der Waals surface area contributed by atoms with Crippen LogP contribution in [0.25, 0.3) is 0 Å². The number of hydrogen-bond acceptors (Lipinski definition) is 5. The van der Waals surface area contributed by atoms with Crippen molar-refractivity contribution < 1.29 is 13.9 Å². The highest BCUT2D eigenvalue weighted by atomic mass is 32.1. The van der Waals surface area contributed by atoms with Crippen molar-refractivity contribution in [1.29, 1.82) is 0 Å². The molecule has 2 aromatic rings. The molecule has 134 valence electrons. The lowest BCUT2D eigenvalue weighted by Gasteiger charge is -2.38. The van der Waals surface area contributed by atoms with Crippen LogP contribution >= 0.6 is 11.3 Å². The summed E-state index contributed by atoms with van der Waals surface area (Å²) in [7, 11) is 2.13. The van der Waals surface area contributed by atoms with Gasteiger partial charge in [0, 0.05) is 19.1 Å². The Balaban J connectivity index is 1.32. The van der Waals surface area contributed by atoms with Crippen molar-refractivity contribution in [2.45, 2.75) is 37.5 Å². The van der Waals surface area contributed by atoms with E-state index in [4.69, 9.17) is 9.15 Å². The molecule has 2 fully saturated rings. The summed E-state index contributed by atoms with van der Waals surface area (Å²) in [4.78, 5) is 17.6. The average molecular weight is 360 g/mol. The zero-order valence-electron chi connectivity index (χ0n) is 14.5. The topological polar surface area (TPSA) is 45.9 Å². The second kappa shape index (κ2) is 6.94. The molecule has 2 aromatic heterocycles. The van der Waals surface area contributed by atoms with Gasteiger partial charge in [-0.15, -0.1) is 11.3 Å². The van der Waals surface area contributed by atoms with Crippen LogP contribution in [0.15, 0.2) is 40.3 Å². The third-order valence-corrected chi connectivity index (χ3v) is 6.35. The van der Waals surface area contributed by atoms with Crippen molar-refractivity contribution in [3.8, 4) is 0 Å². The molecule has 1 atom stereocenters. The SMILES string of the molecule is CN(Cc1ccco1)C1COC2(CCN(C(=O)c3cccs3)CC2)C1. The number of ether oxygens (including phenoxy) is 1. The first-order chi connectivity index (χ1) is 12.2. The Morgan fingerprint density at radius 3 is 2.88 bits per heavy atom. The van der Waals surface area contributed by atoms with Crippen molar-refractivity contribution in [2.24, 2.45) is 0 Å². The number of rotatable bonds is 4. The predicted octanol–water partition coefficient (Wildman–Crippen LogP) is 3.24. The zero-order valence-corrected chi connectivity index (χ0v) is 15.3. The van der Waals surface area contributed by atoms with Crippen LogP contribution in [-0.4, -0.2) is 54.1 Å². The number of carbonyl (C=O) groups excluding carboxylic acids is 1. The number of carbonyl (C=O) groups is 1. The Labute approximate surface area is 152 Å². The second-order valence-corrected chi connectivity index (χ2v) is 8.06. The van der Waals surface area contributed by atoms with Crippen LogP contribution in [0.3, 0.4) is 0 Å². The van der Waals surface area contributed by atoms with Crippen molar-refractivity contribution >= 4 is 17.2 Å². The number of furan rings is 1. The third kappa shape index (κ3) is 3.52. The van der Waals surface area contributed by atoms with Gasteiger partial charge in [0.2, 0.25) is 0 Å². The van der Waals surface area contributed by atoms with Gasteiger partial charge in [-0.05, 0) is 49.9 Å². The fraction of sp³-hybridized carbons (Fsp3) is 0.526. The van der Waals surface area contributed by atoms with Gasteiger partial charge in [0.25, 0.3) is 5.91 Å². The second-order valence-electron chi connectivity index (χ2n) is 7.12. The molecule has 1 spiro atoms. The third-order valence-electron chi connectivity index (χ3n) is 5.49. The van der Waals surface area contributed by atoms with E-state index in [1.165, 1.54) is 11.3 Å². The molecule has 1 unspecified atom stereocenters. The lowest BCUT2D eigenvalue weighted by Crippen LogP contribution is -2.46. The van der Waals surface area contributed by atoms with E-state index in [1.54, 1.807) is 6.26 Å². The molecule has 2 saturated heterocycles. The molecule has 5 nitrogen and oxygen atoms in total. The molecule has 2 aliphatic rings. The lowest BCUT2D eigenvalue weighted by molar-refractivity contribution is -0.0392. The van der Waals surface area contributed by atoms with E-state index in [2.05, 4.69) is 11.9 Å². The number of piperidine rings is 1. The van der Waals surface area contributed by atoms with Crippen LogP contribution in [0.5, 0.6) is 0 Å². The number of likely N-dealkylation sites (tertiary alicyclic amines) is 1. The highest BCUT2D eigenvalue weighted by Crippen LogP contribution is 2.38. The van der Waals surface area contributed by atoms with E-state index in [0.29, 0.717) is 6.04 Å². The standard InChI is InChI=1S/C19H24N2O3S/c1-20(13-16-4-2-10-23-16)15-12-19(24-14-15)6-8-21(9-7-19)18(22)17-5-3-11-25-17/h2-5,10-11,15H,6-9,12-14H2,1H3. The van der Waals surface area contributed by atoms with Gasteiger partial charge in [-0.1, -0.05) is 6.07 Å². The monoisotopic (exact) mass is 360 g/mol. The average Bonchev–Trinajstić information content (AvgIpc) is 3.37. The summed E-state index contributed by atoms with van der Waals surface area (Å²) < 4.78 is 11.7. The molecule has 0 aliphatic carbocycles. The largest absolute Gasteiger partial charge is 0.468 e. The summed E-state index contributed by atoms with van der Waals surface area (Å²) in [6, 6.07) is 8.18. The summed E-state index contributed by atoms with van der Waals surface area (Å²) in [6.45, 7) is 3.13. The Bertz CT molecular complexity index is 690. The van der Waals surface area contributed by atoms with E-state index in [-0.39, 0.29) is 11.5 Å². The van der Waals surface area contributed by atoms with E-state index >= 15 is 0 Å². The van der Waals surface area contributed by atoms with Crippen molar-refractivity contribution in [1.82, 2.24) is 9.80 Å². The number of amides is 1. The molecule has 1 amide bonds. The van der Waals surface area contributed by atoms with Crippen molar-refractivity contribution in [3.05, 3.63) is 46.5 Å². The van der Waals surface area contributed by atoms with E-state index in [1.807, 2.05) is 34.5 Å². The minimum Gasteiger partial charge on any atom is -0.468 e.